The molecule has 4 nitrogen and oxygen atoms in total. The first kappa shape index (κ1) is 12.4. The summed E-state index contributed by atoms with van der Waals surface area (Å²) in [6.07, 6.45) is 2.45. The van der Waals surface area contributed by atoms with Crippen molar-refractivity contribution in [2.75, 3.05) is 0 Å². The van der Waals surface area contributed by atoms with Crippen molar-refractivity contribution in [1.29, 1.82) is 0 Å². The Morgan fingerprint density at radius 1 is 1.39 bits per heavy atom. The molecule has 0 aliphatic heterocycles. The third-order valence-electron chi connectivity index (χ3n) is 3.18. The van der Waals surface area contributed by atoms with Crippen LogP contribution in [-0.4, -0.2) is 15.6 Å². The Morgan fingerprint density at radius 2 is 2.11 bits per heavy atom. The number of hydrogen-bond donors (Lipinski definition) is 1. The molecule has 0 spiro atoms. The van der Waals surface area contributed by atoms with Gasteiger partial charge in [0.05, 0.1) is 0 Å². The van der Waals surface area contributed by atoms with Crippen LogP contribution in [0.15, 0.2) is 35.3 Å². The summed E-state index contributed by atoms with van der Waals surface area (Å²) in [5, 5.41) is 10.4. The van der Waals surface area contributed by atoms with Crippen molar-refractivity contribution in [2.24, 2.45) is 0 Å². The van der Waals surface area contributed by atoms with Gasteiger partial charge in [-0.05, 0) is 36.4 Å². The van der Waals surface area contributed by atoms with Gasteiger partial charge in [-0.1, -0.05) is 19.1 Å². The largest absolute Gasteiger partial charge is 0.480 e. The van der Waals surface area contributed by atoms with E-state index in [-0.39, 0.29) is 5.56 Å². The molecule has 2 rings (SSSR count). The van der Waals surface area contributed by atoms with Gasteiger partial charge in [0.1, 0.15) is 6.04 Å². The molecule has 0 saturated carbocycles. The summed E-state index contributed by atoms with van der Waals surface area (Å²) in [5.74, 6) is -1.01. The van der Waals surface area contributed by atoms with Gasteiger partial charge < -0.3 is 9.67 Å². The first-order valence-corrected chi connectivity index (χ1v) is 5.91. The Morgan fingerprint density at radius 3 is 2.72 bits per heavy atom. The number of carboxylic acid groups (broad SMARTS) is 1. The molecule has 0 saturated heterocycles. The van der Waals surface area contributed by atoms with Crippen LogP contribution in [0.5, 0.6) is 0 Å². The summed E-state index contributed by atoms with van der Waals surface area (Å²) < 4.78 is 1.25. The smallest absolute Gasteiger partial charge is 0.326 e. The van der Waals surface area contributed by atoms with E-state index in [1.807, 2.05) is 12.1 Å². The number of rotatable bonds is 3. The molecule has 1 atom stereocenters. The minimum Gasteiger partial charge on any atom is -0.480 e. The zero-order valence-electron chi connectivity index (χ0n) is 10.4. The second-order valence-corrected chi connectivity index (χ2v) is 4.32. The molecule has 0 aliphatic rings. The fourth-order valence-corrected chi connectivity index (χ4v) is 1.96. The van der Waals surface area contributed by atoms with Crippen LogP contribution in [0.4, 0.5) is 0 Å². The van der Waals surface area contributed by atoms with Gasteiger partial charge in [0.25, 0.3) is 5.56 Å². The van der Waals surface area contributed by atoms with E-state index < -0.39 is 12.0 Å². The predicted molar refractivity (Wildman–Crippen MR) is 69.9 cm³/mol. The highest BCUT2D eigenvalue weighted by Crippen LogP contribution is 2.14. The van der Waals surface area contributed by atoms with Gasteiger partial charge in [-0.3, -0.25) is 4.79 Å². The monoisotopic (exact) mass is 245 g/mol. The lowest BCUT2D eigenvalue weighted by molar-refractivity contribution is -0.140. The highest BCUT2D eigenvalue weighted by Gasteiger charge is 2.15. The average molecular weight is 245 g/mol. The topological polar surface area (TPSA) is 59.3 Å². The molecule has 1 unspecified atom stereocenters. The molecule has 1 aromatic heterocycles. The molecule has 18 heavy (non-hydrogen) atoms. The highest BCUT2D eigenvalue weighted by molar-refractivity contribution is 5.82. The van der Waals surface area contributed by atoms with Crippen molar-refractivity contribution in [2.45, 2.75) is 26.3 Å². The number of carbonyl (C=O) groups is 1. The van der Waals surface area contributed by atoms with E-state index in [0.717, 1.165) is 17.4 Å². The van der Waals surface area contributed by atoms with E-state index in [1.165, 1.54) is 11.5 Å². The van der Waals surface area contributed by atoms with Crippen LogP contribution in [0.25, 0.3) is 10.8 Å². The SMILES string of the molecule is CCc1ccc2c(=O)n(C(C)C(=O)O)ccc2c1. The summed E-state index contributed by atoms with van der Waals surface area (Å²) in [6.45, 7) is 3.55. The molecule has 0 amide bonds. The van der Waals surface area contributed by atoms with Gasteiger partial charge in [-0.25, -0.2) is 4.79 Å². The van der Waals surface area contributed by atoms with Crippen molar-refractivity contribution in [3.63, 3.8) is 0 Å². The fraction of sp³-hybridized carbons (Fsp3) is 0.286. The number of aryl methyl sites for hydroxylation is 1. The molecule has 0 radical (unpaired) electrons. The second-order valence-electron chi connectivity index (χ2n) is 4.32. The number of nitrogens with zero attached hydrogens (tertiary/aromatic N) is 1. The van der Waals surface area contributed by atoms with Crippen molar-refractivity contribution in [3.05, 3.63) is 46.4 Å². The van der Waals surface area contributed by atoms with Crippen LogP contribution in [0, 0.1) is 0 Å². The van der Waals surface area contributed by atoms with Gasteiger partial charge in [-0.15, -0.1) is 0 Å². The number of carboxylic acids is 1. The maximum absolute atomic E-state index is 12.2. The third-order valence-corrected chi connectivity index (χ3v) is 3.18. The summed E-state index contributed by atoms with van der Waals surface area (Å²) in [4.78, 5) is 23.1. The molecule has 94 valence electrons. The van der Waals surface area contributed by atoms with E-state index in [1.54, 1.807) is 18.3 Å². The van der Waals surface area contributed by atoms with E-state index >= 15 is 0 Å². The Balaban J connectivity index is 2.65. The highest BCUT2D eigenvalue weighted by atomic mass is 16.4. The lowest BCUT2D eigenvalue weighted by Crippen LogP contribution is -2.27. The molecular formula is C14H15NO3. The first-order chi connectivity index (χ1) is 8.54. The van der Waals surface area contributed by atoms with Crippen molar-refractivity contribution in [3.8, 4) is 0 Å². The first-order valence-electron chi connectivity index (χ1n) is 5.91. The van der Waals surface area contributed by atoms with Gasteiger partial charge in [0, 0.05) is 11.6 Å². The minimum absolute atomic E-state index is 0.259. The van der Waals surface area contributed by atoms with Crippen LogP contribution in [0.3, 0.4) is 0 Å². The summed E-state index contributed by atoms with van der Waals surface area (Å²) in [5.41, 5.74) is 0.899. The van der Waals surface area contributed by atoms with Crippen LogP contribution < -0.4 is 5.56 Å². The van der Waals surface area contributed by atoms with Gasteiger partial charge in [0.15, 0.2) is 0 Å². The van der Waals surface area contributed by atoms with Crippen LogP contribution in [0.2, 0.25) is 0 Å². The third kappa shape index (κ3) is 2.01. The van der Waals surface area contributed by atoms with E-state index in [4.69, 9.17) is 5.11 Å². The van der Waals surface area contributed by atoms with Gasteiger partial charge in [-0.2, -0.15) is 0 Å². The number of fused-ring (bicyclic) bond motifs is 1. The minimum atomic E-state index is -1.01. The molecule has 1 N–H and O–H groups in total. The fourth-order valence-electron chi connectivity index (χ4n) is 1.96. The van der Waals surface area contributed by atoms with E-state index in [0.29, 0.717) is 5.39 Å². The normalized spacial score (nSPS) is 12.6. The Labute approximate surface area is 104 Å². The van der Waals surface area contributed by atoms with Gasteiger partial charge in [0.2, 0.25) is 0 Å². The molecule has 0 fully saturated rings. The van der Waals surface area contributed by atoms with Crippen molar-refractivity contribution in [1.82, 2.24) is 4.57 Å². The van der Waals surface area contributed by atoms with E-state index in [9.17, 15) is 9.59 Å². The molecule has 0 bridgehead atoms. The number of benzene rings is 1. The average Bonchev–Trinajstić information content (AvgIpc) is 2.37. The lowest BCUT2D eigenvalue weighted by atomic mass is 10.1. The molecule has 0 aliphatic carbocycles. The molecular weight excluding hydrogens is 230 g/mol. The van der Waals surface area contributed by atoms with Crippen LogP contribution in [-0.2, 0) is 11.2 Å². The zero-order valence-corrected chi connectivity index (χ0v) is 10.4. The summed E-state index contributed by atoms with van der Waals surface area (Å²) in [7, 11) is 0. The lowest BCUT2D eigenvalue weighted by Gasteiger charge is -2.11. The summed E-state index contributed by atoms with van der Waals surface area (Å²) >= 11 is 0. The number of pyridine rings is 1. The van der Waals surface area contributed by atoms with Crippen molar-refractivity contribution >= 4 is 16.7 Å². The van der Waals surface area contributed by atoms with Gasteiger partial charge >= 0.3 is 5.97 Å². The Hall–Kier alpha value is -2.10. The zero-order chi connectivity index (χ0) is 13.3. The molecule has 2 aromatic rings. The van der Waals surface area contributed by atoms with E-state index in [2.05, 4.69) is 6.92 Å². The number of aliphatic carboxylic acids is 1. The molecule has 4 heteroatoms. The number of hydrogen-bond acceptors (Lipinski definition) is 2. The molecule has 1 aromatic carbocycles. The standard InChI is InChI=1S/C14H15NO3/c1-3-10-4-5-12-11(8-10)6-7-15(13(12)16)9(2)14(17)18/h4-9H,3H2,1-2H3,(H,17,18). The van der Waals surface area contributed by atoms with Crippen molar-refractivity contribution < 1.29 is 9.90 Å². The summed E-state index contributed by atoms with van der Waals surface area (Å²) in [6, 6.07) is 6.57. The maximum Gasteiger partial charge on any atom is 0.326 e. The Bertz CT molecular complexity index is 658. The maximum atomic E-state index is 12.2. The second kappa shape index (κ2) is 4.64. The quantitative estimate of drug-likeness (QED) is 0.901. The van der Waals surface area contributed by atoms with Crippen LogP contribution >= 0.6 is 0 Å². The predicted octanol–water partition coefficient (Wildman–Crippen LogP) is 2.21. The molecule has 1 heterocycles. The van der Waals surface area contributed by atoms with Crippen LogP contribution in [0.1, 0.15) is 25.5 Å². The Kier molecular flexibility index (Phi) is 3.19. The number of aromatic nitrogens is 1.